The molecule has 0 amide bonds. The van der Waals surface area contributed by atoms with Crippen LogP contribution in [0.4, 0.5) is 0 Å². The minimum atomic E-state index is -0.0497. The van der Waals surface area contributed by atoms with Gasteiger partial charge in [0.2, 0.25) is 0 Å². The van der Waals surface area contributed by atoms with Crippen LogP contribution in [0.3, 0.4) is 0 Å². The molecule has 3 atom stereocenters. The molecule has 1 aliphatic rings. The van der Waals surface area contributed by atoms with Gasteiger partial charge < -0.3 is 14.2 Å². The Bertz CT molecular complexity index is 127. The van der Waals surface area contributed by atoms with Crippen molar-refractivity contribution in [2.24, 2.45) is 0 Å². The molecule has 72 valence electrons. The zero-order valence-electron chi connectivity index (χ0n) is 8.08. The number of hydrogen-bond donors (Lipinski definition) is 0. The molecule has 3 nitrogen and oxygen atoms in total. The first-order valence-corrected chi connectivity index (χ1v) is 4.61. The molecule has 1 saturated heterocycles. The Kier molecular flexibility index (Phi) is 3.98. The summed E-state index contributed by atoms with van der Waals surface area (Å²) in [5, 5.41) is 0. The maximum absolute atomic E-state index is 5.54. The van der Waals surface area contributed by atoms with Crippen LogP contribution in [0.2, 0.25) is 0 Å². The molecule has 1 fully saturated rings. The highest BCUT2D eigenvalue weighted by Gasteiger charge is 2.18. The van der Waals surface area contributed by atoms with Crippen molar-refractivity contribution < 1.29 is 14.2 Å². The van der Waals surface area contributed by atoms with Crippen molar-refractivity contribution in [2.45, 2.75) is 45.7 Å². The zero-order chi connectivity index (χ0) is 8.97. The normalized spacial score (nSPS) is 38.8. The Labute approximate surface area is 74.0 Å². The van der Waals surface area contributed by atoms with Crippen LogP contribution in [-0.2, 0) is 14.2 Å². The van der Waals surface area contributed by atoms with Gasteiger partial charge in [-0.3, -0.25) is 0 Å². The molecule has 0 saturated carbocycles. The summed E-state index contributed by atoms with van der Waals surface area (Å²) < 4.78 is 16.4. The van der Waals surface area contributed by atoms with Crippen LogP contribution in [0.1, 0.15) is 27.2 Å². The van der Waals surface area contributed by atoms with E-state index in [1.165, 1.54) is 0 Å². The predicted molar refractivity (Wildman–Crippen MR) is 46.0 cm³/mol. The first-order chi connectivity index (χ1) is 5.72. The molecule has 0 aromatic rings. The lowest BCUT2D eigenvalue weighted by atomic mass is 10.3. The maximum atomic E-state index is 5.54. The van der Waals surface area contributed by atoms with E-state index in [-0.39, 0.29) is 18.5 Å². The third kappa shape index (κ3) is 3.09. The summed E-state index contributed by atoms with van der Waals surface area (Å²) in [7, 11) is 0. The van der Waals surface area contributed by atoms with Crippen molar-refractivity contribution in [3.05, 3.63) is 0 Å². The quantitative estimate of drug-likeness (QED) is 0.604. The second-order valence-corrected chi connectivity index (χ2v) is 3.26. The van der Waals surface area contributed by atoms with E-state index < -0.39 is 0 Å². The van der Waals surface area contributed by atoms with E-state index in [0.717, 1.165) is 6.42 Å². The summed E-state index contributed by atoms with van der Waals surface area (Å²) in [5.41, 5.74) is 0. The fourth-order valence-corrected chi connectivity index (χ4v) is 1.14. The minimum Gasteiger partial charge on any atom is -0.373 e. The lowest BCUT2D eigenvalue weighted by Crippen LogP contribution is -2.34. The smallest absolute Gasteiger partial charge is 0.157 e. The second-order valence-electron chi connectivity index (χ2n) is 3.26. The summed E-state index contributed by atoms with van der Waals surface area (Å²) >= 11 is 0. The van der Waals surface area contributed by atoms with Gasteiger partial charge in [0, 0.05) is 0 Å². The standard InChI is InChI=1S/C9H18O3/c1-4-9-11-5-7(2)10-6-8(3)12-9/h7-9H,4-6H2,1-3H3. The van der Waals surface area contributed by atoms with E-state index >= 15 is 0 Å². The summed E-state index contributed by atoms with van der Waals surface area (Å²) in [6, 6.07) is 0. The van der Waals surface area contributed by atoms with E-state index in [9.17, 15) is 0 Å². The molecule has 12 heavy (non-hydrogen) atoms. The van der Waals surface area contributed by atoms with E-state index in [0.29, 0.717) is 13.2 Å². The fraction of sp³-hybridized carbons (Fsp3) is 1.00. The van der Waals surface area contributed by atoms with Crippen molar-refractivity contribution in [1.82, 2.24) is 0 Å². The Morgan fingerprint density at radius 3 is 2.42 bits per heavy atom. The topological polar surface area (TPSA) is 27.7 Å². The zero-order valence-corrected chi connectivity index (χ0v) is 8.08. The average Bonchev–Trinajstić information content (AvgIpc) is 2.06. The number of ether oxygens (including phenoxy) is 3. The first-order valence-electron chi connectivity index (χ1n) is 4.61. The lowest BCUT2D eigenvalue weighted by molar-refractivity contribution is -0.218. The number of rotatable bonds is 1. The summed E-state index contributed by atoms with van der Waals surface area (Å²) in [5.74, 6) is 0. The summed E-state index contributed by atoms with van der Waals surface area (Å²) in [6.07, 6.45) is 1.17. The van der Waals surface area contributed by atoms with Crippen LogP contribution in [0.15, 0.2) is 0 Å². The van der Waals surface area contributed by atoms with Crippen LogP contribution in [0.5, 0.6) is 0 Å². The van der Waals surface area contributed by atoms with Gasteiger partial charge in [0.05, 0.1) is 25.4 Å². The summed E-state index contributed by atoms with van der Waals surface area (Å²) in [6.45, 7) is 7.38. The van der Waals surface area contributed by atoms with Crippen molar-refractivity contribution >= 4 is 0 Å². The molecule has 0 bridgehead atoms. The van der Waals surface area contributed by atoms with E-state index in [2.05, 4.69) is 6.92 Å². The largest absolute Gasteiger partial charge is 0.373 e. The van der Waals surface area contributed by atoms with E-state index in [1.807, 2.05) is 13.8 Å². The molecule has 0 radical (unpaired) electrons. The van der Waals surface area contributed by atoms with Crippen LogP contribution >= 0.6 is 0 Å². The van der Waals surface area contributed by atoms with Crippen molar-refractivity contribution in [3.63, 3.8) is 0 Å². The van der Waals surface area contributed by atoms with E-state index in [4.69, 9.17) is 14.2 Å². The SMILES string of the molecule is CCC1OCC(C)OCC(C)O1. The Balaban J connectivity index is 2.37. The maximum Gasteiger partial charge on any atom is 0.157 e. The van der Waals surface area contributed by atoms with Gasteiger partial charge in [0.15, 0.2) is 6.29 Å². The summed E-state index contributed by atoms with van der Waals surface area (Å²) in [4.78, 5) is 0. The Morgan fingerprint density at radius 1 is 1.08 bits per heavy atom. The molecule has 1 rings (SSSR count). The highest BCUT2D eigenvalue weighted by molar-refractivity contribution is 4.58. The third-order valence-corrected chi connectivity index (χ3v) is 1.85. The molecule has 0 N–H and O–H groups in total. The fourth-order valence-electron chi connectivity index (χ4n) is 1.14. The van der Waals surface area contributed by atoms with Crippen LogP contribution in [0, 0.1) is 0 Å². The number of hydrogen-bond acceptors (Lipinski definition) is 3. The molecule has 0 spiro atoms. The van der Waals surface area contributed by atoms with Crippen molar-refractivity contribution in [3.8, 4) is 0 Å². The second kappa shape index (κ2) is 4.80. The van der Waals surface area contributed by atoms with Gasteiger partial charge in [-0.15, -0.1) is 0 Å². The molecule has 0 aromatic heterocycles. The first kappa shape index (κ1) is 9.96. The minimum absolute atomic E-state index is 0.0497. The molecular formula is C9H18O3. The van der Waals surface area contributed by atoms with Gasteiger partial charge in [-0.1, -0.05) is 6.92 Å². The monoisotopic (exact) mass is 174 g/mol. The van der Waals surface area contributed by atoms with Gasteiger partial charge in [0.25, 0.3) is 0 Å². The van der Waals surface area contributed by atoms with E-state index in [1.54, 1.807) is 0 Å². The molecular weight excluding hydrogens is 156 g/mol. The van der Waals surface area contributed by atoms with Crippen LogP contribution in [0.25, 0.3) is 0 Å². The van der Waals surface area contributed by atoms with Gasteiger partial charge >= 0.3 is 0 Å². The molecule has 3 unspecified atom stereocenters. The predicted octanol–water partition coefficient (Wildman–Crippen LogP) is 1.56. The lowest BCUT2D eigenvalue weighted by Gasteiger charge is -2.27. The molecule has 3 heteroatoms. The van der Waals surface area contributed by atoms with Gasteiger partial charge in [0.1, 0.15) is 0 Å². The molecule has 0 aliphatic carbocycles. The van der Waals surface area contributed by atoms with Crippen molar-refractivity contribution in [1.29, 1.82) is 0 Å². The highest BCUT2D eigenvalue weighted by atomic mass is 16.7. The van der Waals surface area contributed by atoms with Crippen LogP contribution < -0.4 is 0 Å². The van der Waals surface area contributed by atoms with Gasteiger partial charge in [-0.25, -0.2) is 0 Å². The van der Waals surface area contributed by atoms with Crippen LogP contribution in [-0.4, -0.2) is 31.7 Å². The Morgan fingerprint density at radius 2 is 1.75 bits per heavy atom. The Hall–Kier alpha value is -0.120. The average molecular weight is 174 g/mol. The molecule has 1 heterocycles. The molecule has 0 aromatic carbocycles. The van der Waals surface area contributed by atoms with Crippen molar-refractivity contribution in [2.75, 3.05) is 13.2 Å². The third-order valence-electron chi connectivity index (χ3n) is 1.85. The highest BCUT2D eigenvalue weighted by Crippen LogP contribution is 2.10. The molecule has 1 aliphatic heterocycles. The van der Waals surface area contributed by atoms with Gasteiger partial charge in [-0.05, 0) is 20.3 Å². The van der Waals surface area contributed by atoms with Gasteiger partial charge in [-0.2, -0.15) is 0 Å².